The molecule has 0 radical (unpaired) electrons. The molecule has 18 aromatic rings. The SMILES string of the molecule is c1ccc2c(c1)c1ccccc1n2[P+]1(n2c3ccccc3c3ccccc32)N[P+](n2c3ccccc3c3ccccc32)(n2c3ccccc3c3ccccc32)N[P+](n2c3ccccc3c3ccccc32)(n2c3ccccc3c3ccccc32)N1. The van der Waals surface area contributed by atoms with Gasteiger partial charge in [0.1, 0.15) is 0 Å². The Morgan fingerprint density at radius 2 is 0.238 bits per heavy atom. The summed E-state index contributed by atoms with van der Waals surface area (Å²) in [5, 5.41) is 14.2. The summed E-state index contributed by atoms with van der Waals surface area (Å²) in [7, 11) is -11.2. The molecule has 12 aromatic carbocycles. The van der Waals surface area contributed by atoms with E-state index in [2.05, 4.69) is 317 Å². The lowest BCUT2D eigenvalue weighted by Gasteiger charge is -2.43. The van der Waals surface area contributed by atoms with Crippen LogP contribution < -0.4 is 14.6 Å². The van der Waals surface area contributed by atoms with Crippen molar-refractivity contribution in [2.45, 2.75) is 0 Å². The van der Waals surface area contributed by atoms with Crippen LogP contribution in [-0.2, 0) is 0 Å². The van der Waals surface area contributed by atoms with Gasteiger partial charge in [-0.2, -0.15) is 26.0 Å². The average Bonchev–Trinajstić information content (AvgIpc) is 2.09. The van der Waals surface area contributed by atoms with Gasteiger partial charge < -0.3 is 0 Å². The van der Waals surface area contributed by atoms with Crippen LogP contribution in [0.1, 0.15) is 0 Å². The second-order valence-electron chi connectivity index (χ2n) is 22.2. The lowest BCUT2D eigenvalue weighted by atomic mass is 10.2. The van der Waals surface area contributed by atoms with E-state index in [1.54, 1.807) is 0 Å². The maximum absolute atomic E-state index is 5.15. The molecular formula is C72H51N9P3+3. The van der Waals surface area contributed by atoms with Crippen LogP contribution in [0.2, 0.25) is 0 Å². The standard InChI is InChI=1S/C72H51N9P3/c1-13-37-61-49(25-1)50-26-2-14-38-62(50)76(61)82(77-63-39-15-3-27-51(63)52-28-4-16-40-64(52)77)73-83(78-65-41-17-5-29-53(65)54-30-6-18-42-66(54)78,79-67-43-19-7-31-55(67)56-32-8-20-44-68(56)79)75-84(74-82,80-69-45-21-9-33-57(69)58-34-10-22-46-70(58)80)81-71-47-23-11-35-59(71)60-36-12-24-48-72(60)81/h1-48,73-75H/q+3. The number of fused-ring (bicyclic) bond motifs is 18. The smallest absolute Gasteiger partial charge is 0.159 e. The molecule has 3 N–H and O–H groups in total. The number of hydrogen-bond donors (Lipinski definition) is 3. The quantitative estimate of drug-likeness (QED) is 0.145. The number of nitrogens with one attached hydrogen (secondary N) is 3. The summed E-state index contributed by atoms with van der Waals surface area (Å²) >= 11 is 0. The summed E-state index contributed by atoms with van der Waals surface area (Å²) in [6, 6.07) is 109. The van der Waals surface area contributed by atoms with Crippen molar-refractivity contribution < 1.29 is 0 Å². The van der Waals surface area contributed by atoms with Crippen LogP contribution in [0.25, 0.3) is 131 Å². The monoisotopic (exact) mass is 1130 g/mol. The van der Waals surface area contributed by atoms with Crippen molar-refractivity contribution >= 4 is 154 Å². The lowest BCUT2D eigenvalue weighted by molar-refractivity contribution is 0.976. The molecule has 84 heavy (non-hydrogen) atoms. The summed E-state index contributed by atoms with van der Waals surface area (Å²) in [4.78, 5) is 15.5. The van der Waals surface area contributed by atoms with Gasteiger partial charge in [0.25, 0.3) is 0 Å². The largest absolute Gasteiger partial charge is 0.437 e. The fourth-order valence-corrected chi connectivity index (χ4v) is 31.8. The lowest BCUT2D eigenvalue weighted by Crippen LogP contribution is -2.54. The van der Waals surface area contributed by atoms with Gasteiger partial charge >= 0.3 is 23.6 Å². The second-order valence-corrected chi connectivity index (χ2v) is 30.6. The summed E-state index contributed by atoms with van der Waals surface area (Å²) < 4.78 is 16.5. The highest BCUT2D eigenvalue weighted by atomic mass is 31.3. The number of rotatable bonds is 6. The van der Waals surface area contributed by atoms with Crippen molar-refractivity contribution in [3.63, 3.8) is 0 Å². The molecule has 1 aliphatic heterocycles. The summed E-state index contributed by atoms with van der Waals surface area (Å²) in [5.74, 6) is 0. The Morgan fingerprint density at radius 1 is 0.143 bits per heavy atom. The van der Waals surface area contributed by atoms with Gasteiger partial charge in [-0.05, 0) is 72.8 Å². The predicted octanol–water partition coefficient (Wildman–Crippen LogP) is 19.7. The molecular weight excluding hydrogens is 1080 g/mol. The van der Waals surface area contributed by atoms with E-state index < -0.39 is 23.6 Å². The Balaban J connectivity index is 1.16. The summed E-state index contributed by atoms with van der Waals surface area (Å²) in [6.07, 6.45) is 0. The third kappa shape index (κ3) is 6.02. The maximum Gasteiger partial charge on any atom is 0.437 e. The van der Waals surface area contributed by atoms with Crippen LogP contribution in [0.4, 0.5) is 0 Å². The topological polar surface area (TPSA) is 65.7 Å². The molecule has 0 aliphatic carbocycles. The Hall–Kier alpha value is -9.39. The van der Waals surface area contributed by atoms with Crippen LogP contribution >= 0.6 is 23.6 Å². The molecule has 0 spiro atoms. The minimum absolute atomic E-state index is 1.13. The zero-order chi connectivity index (χ0) is 54.9. The van der Waals surface area contributed by atoms with Crippen LogP contribution in [0, 0.1) is 0 Å². The first-order valence-electron chi connectivity index (χ1n) is 28.7. The fourth-order valence-electron chi connectivity index (χ4n) is 14.7. The molecule has 0 saturated carbocycles. The normalized spacial score (nSPS) is 15.3. The van der Waals surface area contributed by atoms with Crippen molar-refractivity contribution in [2.24, 2.45) is 0 Å². The highest BCUT2D eigenvalue weighted by molar-refractivity contribution is 7.99. The molecule has 0 amide bonds. The molecule has 1 aliphatic rings. The fraction of sp³-hybridized carbons (Fsp3) is 0. The molecule has 12 heteroatoms. The average molecular weight is 1140 g/mol. The zero-order valence-corrected chi connectivity index (χ0v) is 47.9. The third-order valence-corrected chi connectivity index (χ3v) is 30.7. The minimum Gasteiger partial charge on any atom is -0.159 e. The van der Waals surface area contributed by atoms with E-state index in [1.807, 2.05) is 0 Å². The third-order valence-electron chi connectivity index (χ3n) is 17.9. The van der Waals surface area contributed by atoms with Crippen LogP contribution in [0.3, 0.4) is 0 Å². The number of aromatic nitrogens is 6. The van der Waals surface area contributed by atoms with E-state index in [0.29, 0.717) is 0 Å². The zero-order valence-electron chi connectivity index (χ0n) is 45.2. The van der Waals surface area contributed by atoms with E-state index in [1.165, 1.54) is 64.6 Å². The van der Waals surface area contributed by atoms with Gasteiger partial charge in [-0.25, -0.2) is 0 Å². The van der Waals surface area contributed by atoms with Crippen molar-refractivity contribution in [1.82, 2.24) is 40.6 Å². The van der Waals surface area contributed by atoms with Gasteiger partial charge in [0.15, 0.2) is 0 Å². The first-order valence-corrected chi connectivity index (χ1v) is 33.7. The van der Waals surface area contributed by atoms with E-state index in [4.69, 9.17) is 14.6 Å². The predicted molar refractivity (Wildman–Crippen MR) is 359 cm³/mol. The van der Waals surface area contributed by atoms with Crippen molar-refractivity contribution in [2.75, 3.05) is 0 Å². The molecule has 0 bridgehead atoms. The molecule has 1 fully saturated rings. The van der Waals surface area contributed by atoms with Crippen LogP contribution in [-0.4, -0.2) is 26.0 Å². The minimum atomic E-state index is -3.73. The van der Waals surface area contributed by atoms with Crippen molar-refractivity contribution in [1.29, 1.82) is 0 Å². The van der Waals surface area contributed by atoms with Crippen molar-refractivity contribution in [3.05, 3.63) is 291 Å². The number of nitrogens with zero attached hydrogens (tertiary/aromatic N) is 6. The molecule has 7 heterocycles. The Morgan fingerprint density at radius 3 is 0.345 bits per heavy atom. The molecule has 396 valence electrons. The van der Waals surface area contributed by atoms with E-state index in [-0.39, 0.29) is 0 Å². The van der Waals surface area contributed by atoms with E-state index >= 15 is 0 Å². The molecule has 6 aromatic heterocycles. The molecule has 19 rings (SSSR count). The Kier molecular flexibility index (Phi) is 9.73. The van der Waals surface area contributed by atoms with Gasteiger partial charge in [-0.3, -0.25) is 0 Å². The first kappa shape index (κ1) is 47.1. The van der Waals surface area contributed by atoms with Gasteiger partial charge in [-0.15, -0.1) is 0 Å². The Bertz CT molecular complexity index is 4560. The molecule has 0 unspecified atom stereocenters. The van der Waals surface area contributed by atoms with E-state index in [0.717, 1.165) is 66.2 Å². The number of benzene rings is 12. The van der Waals surface area contributed by atoms with Gasteiger partial charge in [-0.1, -0.05) is 218 Å². The van der Waals surface area contributed by atoms with Crippen LogP contribution in [0.15, 0.2) is 291 Å². The highest BCUT2D eigenvalue weighted by Crippen LogP contribution is 2.85. The first-order chi connectivity index (χ1) is 41.7. The van der Waals surface area contributed by atoms with Crippen molar-refractivity contribution in [3.8, 4) is 0 Å². The maximum atomic E-state index is 5.15. The van der Waals surface area contributed by atoms with Gasteiger partial charge in [0.05, 0.1) is 80.8 Å². The second kappa shape index (κ2) is 17.3. The van der Waals surface area contributed by atoms with E-state index in [9.17, 15) is 0 Å². The Labute approximate surface area is 483 Å². The van der Waals surface area contributed by atoms with Gasteiger partial charge in [0, 0.05) is 64.6 Å². The highest BCUT2D eigenvalue weighted by Gasteiger charge is 2.80. The summed E-state index contributed by atoms with van der Waals surface area (Å²) in [5.41, 5.74) is 13.5. The molecule has 9 nitrogen and oxygen atoms in total. The molecule has 1 saturated heterocycles. The van der Waals surface area contributed by atoms with Crippen LogP contribution in [0.5, 0.6) is 0 Å². The number of hydrogen-bond acceptors (Lipinski definition) is 3. The summed E-state index contributed by atoms with van der Waals surface area (Å²) in [6.45, 7) is 0. The number of para-hydroxylation sites is 12. The molecule has 0 atom stereocenters. The van der Waals surface area contributed by atoms with Gasteiger partial charge in [0.2, 0.25) is 0 Å².